The van der Waals surface area contributed by atoms with Gasteiger partial charge in [-0.25, -0.2) is 0 Å². The van der Waals surface area contributed by atoms with Gasteiger partial charge in [0, 0.05) is 31.3 Å². The van der Waals surface area contributed by atoms with Crippen molar-refractivity contribution in [3.05, 3.63) is 0 Å². The zero-order chi connectivity index (χ0) is 9.97. The van der Waals surface area contributed by atoms with Crippen LogP contribution in [-0.2, 0) is 4.74 Å². The van der Waals surface area contributed by atoms with Crippen molar-refractivity contribution in [2.45, 2.75) is 44.3 Å². The minimum absolute atomic E-state index is 0.654. The van der Waals surface area contributed by atoms with E-state index in [2.05, 4.69) is 24.2 Å². The Kier molecular flexibility index (Phi) is 3.42. The van der Waals surface area contributed by atoms with Crippen molar-refractivity contribution < 1.29 is 4.74 Å². The molecule has 82 valence electrons. The fraction of sp³-hybridized carbons (Fsp3) is 1.00. The second-order valence-corrected chi connectivity index (χ2v) is 4.74. The Bertz CT molecular complexity index is 175. The Balaban J connectivity index is 1.84. The summed E-state index contributed by atoms with van der Waals surface area (Å²) in [6.07, 6.45) is 3.82. The highest BCUT2D eigenvalue weighted by atomic mass is 16.5. The van der Waals surface area contributed by atoms with Crippen molar-refractivity contribution >= 4 is 0 Å². The van der Waals surface area contributed by atoms with Crippen LogP contribution in [0.1, 0.15) is 26.2 Å². The normalized spacial score (nSPS) is 39.2. The fourth-order valence-corrected chi connectivity index (χ4v) is 2.57. The van der Waals surface area contributed by atoms with Crippen molar-refractivity contribution in [3.8, 4) is 0 Å². The first-order valence-corrected chi connectivity index (χ1v) is 5.80. The number of hydrogen-bond acceptors (Lipinski definition) is 3. The maximum Gasteiger partial charge on any atom is 0.0621 e. The van der Waals surface area contributed by atoms with E-state index in [1.807, 2.05) is 0 Å². The van der Waals surface area contributed by atoms with Gasteiger partial charge in [0.15, 0.2) is 0 Å². The van der Waals surface area contributed by atoms with Crippen LogP contribution in [0.25, 0.3) is 0 Å². The molecule has 0 aromatic rings. The number of ether oxygens (including phenoxy) is 1. The number of nitrogens with one attached hydrogen (secondary N) is 1. The van der Waals surface area contributed by atoms with E-state index in [1.165, 1.54) is 19.3 Å². The molecule has 0 saturated carbocycles. The van der Waals surface area contributed by atoms with Crippen LogP contribution in [-0.4, -0.2) is 49.8 Å². The van der Waals surface area contributed by atoms with Gasteiger partial charge in [-0.3, -0.25) is 4.90 Å². The minimum atomic E-state index is 0.654. The molecule has 0 bridgehead atoms. The topological polar surface area (TPSA) is 24.5 Å². The molecule has 2 saturated heterocycles. The van der Waals surface area contributed by atoms with Gasteiger partial charge < -0.3 is 10.1 Å². The summed E-state index contributed by atoms with van der Waals surface area (Å²) in [5.74, 6) is 0. The number of likely N-dealkylation sites (N-methyl/N-ethyl adjacent to an activating group) is 1. The van der Waals surface area contributed by atoms with E-state index in [9.17, 15) is 0 Å². The predicted molar refractivity (Wildman–Crippen MR) is 57.5 cm³/mol. The highest BCUT2D eigenvalue weighted by Gasteiger charge is 2.29. The molecule has 3 heteroatoms. The lowest BCUT2D eigenvalue weighted by Crippen LogP contribution is -2.45. The van der Waals surface area contributed by atoms with Crippen LogP contribution in [0, 0.1) is 0 Å². The standard InChI is InChI=1S/C11H22N2O/c1-9-6-11(7-12-9)13(2)10-4-3-5-14-8-10/h9-12H,3-8H2,1-2H3. The van der Waals surface area contributed by atoms with E-state index in [1.54, 1.807) is 0 Å². The van der Waals surface area contributed by atoms with E-state index >= 15 is 0 Å². The lowest BCUT2D eigenvalue weighted by Gasteiger charge is -2.35. The van der Waals surface area contributed by atoms with Crippen molar-refractivity contribution in [1.29, 1.82) is 0 Å². The Morgan fingerprint density at radius 1 is 1.36 bits per heavy atom. The zero-order valence-electron chi connectivity index (χ0n) is 9.33. The molecule has 2 aliphatic rings. The molecule has 0 aliphatic carbocycles. The summed E-state index contributed by atoms with van der Waals surface area (Å²) in [5, 5.41) is 3.51. The summed E-state index contributed by atoms with van der Waals surface area (Å²) in [6.45, 7) is 5.31. The van der Waals surface area contributed by atoms with Gasteiger partial charge in [0.05, 0.1) is 6.61 Å². The molecule has 2 fully saturated rings. The largest absolute Gasteiger partial charge is 0.380 e. The highest BCUT2D eigenvalue weighted by Crippen LogP contribution is 2.19. The van der Waals surface area contributed by atoms with Gasteiger partial charge in [0.2, 0.25) is 0 Å². The summed E-state index contributed by atoms with van der Waals surface area (Å²) in [5.41, 5.74) is 0. The second-order valence-electron chi connectivity index (χ2n) is 4.74. The SMILES string of the molecule is CC1CC(N(C)C2CCCOC2)CN1. The number of nitrogens with zero attached hydrogens (tertiary/aromatic N) is 1. The molecule has 3 nitrogen and oxygen atoms in total. The van der Waals surface area contributed by atoms with Gasteiger partial charge in [0.25, 0.3) is 0 Å². The van der Waals surface area contributed by atoms with Gasteiger partial charge in [-0.05, 0) is 33.2 Å². The second kappa shape index (κ2) is 4.60. The molecule has 14 heavy (non-hydrogen) atoms. The summed E-state index contributed by atoms with van der Waals surface area (Å²) in [4.78, 5) is 2.52. The van der Waals surface area contributed by atoms with Gasteiger partial charge >= 0.3 is 0 Å². The number of rotatable bonds is 2. The Morgan fingerprint density at radius 2 is 2.21 bits per heavy atom. The molecule has 0 aromatic carbocycles. The monoisotopic (exact) mass is 198 g/mol. The third kappa shape index (κ3) is 2.27. The van der Waals surface area contributed by atoms with Crippen LogP contribution in [0.5, 0.6) is 0 Å². The highest BCUT2D eigenvalue weighted by molar-refractivity contribution is 4.87. The molecule has 2 rings (SSSR count). The maximum absolute atomic E-state index is 5.53. The van der Waals surface area contributed by atoms with Crippen LogP contribution in [0.3, 0.4) is 0 Å². The van der Waals surface area contributed by atoms with Crippen molar-refractivity contribution in [2.75, 3.05) is 26.8 Å². The lowest BCUT2D eigenvalue weighted by molar-refractivity contribution is 0.0147. The maximum atomic E-state index is 5.53. The molecule has 2 aliphatic heterocycles. The van der Waals surface area contributed by atoms with Crippen LogP contribution >= 0.6 is 0 Å². The average molecular weight is 198 g/mol. The third-order valence-corrected chi connectivity index (χ3v) is 3.62. The van der Waals surface area contributed by atoms with E-state index < -0.39 is 0 Å². The van der Waals surface area contributed by atoms with E-state index in [0.717, 1.165) is 25.8 Å². The Morgan fingerprint density at radius 3 is 2.79 bits per heavy atom. The molecule has 0 aromatic heterocycles. The molecule has 0 radical (unpaired) electrons. The zero-order valence-corrected chi connectivity index (χ0v) is 9.33. The first kappa shape index (κ1) is 10.4. The van der Waals surface area contributed by atoms with Gasteiger partial charge in [0.1, 0.15) is 0 Å². The average Bonchev–Trinajstić information content (AvgIpc) is 2.65. The van der Waals surface area contributed by atoms with Crippen LogP contribution < -0.4 is 5.32 Å². The summed E-state index contributed by atoms with van der Waals surface area (Å²) < 4.78 is 5.53. The Hall–Kier alpha value is -0.120. The number of hydrogen-bond donors (Lipinski definition) is 1. The van der Waals surface area contributed by atoms with E-state index in [0.29, 0.717) is 12.1 Å². The molecule has 0 spiro atoms. The Labute approximate surface area is 86.8 Å². The molecule has 0 amide bonds. The van der Waals surface area contributed by atoms with Crippen molar-refractivity contribution in [3.63, 3.8) is 0 Å². The molecule has 3 atom stereocenters. The predicted octanol–water partition coefficient (Wildman–Crippen LogP) is 0.848. The van der Waals surface area contributed by atoms with E-state index in [-0.39, 0.29) is 0 Å². The molecule has 1 N–H and O–H groups in total. The minimum Gasteiger partial charge on any atom is -0.380 e. The summed E-state index contributed by atoms with van der Waals surface area (Å²) in [7, 11) is 2.25. The van der Waals surface area contributed by atoms with Crippen molar-refractivity contribution in [1.82, 2.24) is 10.2 Å². The van der Waals surface area contributed by atoms with Gasteiger partial charge in [-0.2, -0.15) is 0 Å². The third-order valence-electron chi connectivity index (χ3n) is 3.62. The molecular weight excluding hydrogens is 176 g/mol. The van der Waals surface area contributed by atoms with E-state index in [4.69, 9.17) is 4.74 Å². The van der Waals surface area contributed by atoms with Crippen molar-refractivity contribution in [2.24, 2.45) is 0 Å². The summed E-state index contributed by atoms with van der Waals surface area (Å²) >= 11 is 0. The van der Waals surface area contributed by atoms with Gasteiger partial charge in [-0.15, -0.1) is 0 Å². The molecular formula is C11H22N2O. The van der Waals surface area contributed by atoms with Gasteiger partial charge in [-0.1, -0.05) is 0 Å². The molecule has 2 heterocycles. The van der Waals surface area contributed by atoms with Crippen LogP contribution in [0.15, 0.2) is 0 Å². The first-order chi connectivity index (χ1) is 6.77. The van der Waals surface area contributed by atoms with Crippen LogP contribution in [0.4, 0.5) is 0 Å². The fourth-order valence-electron chi connectivity index (χ4n) is 2.57. The molecule has 3 unspecified atom stereocenters. The first-order valence-electron chi connectivity index (χ1n) is 5.80. The van der Waals surface area contributed by atoms with Crippen LogP contribution in [0.2, 0.25) is 0 Å². The summed E-state index contributed by atoms with van der Waals surface area (Å²) in [6, 6.07) is 2.06. The smallest absolute Gasteiger partial charge is 0.0621 e. The quantitative estimate of drug-likeness (QED) is 0.712. The lowest BCUT2D eigenvalue weighted by atomic mass is 10.1.